The first kappa shape index (κ1) is 18.2. The van der Waals surface area contributed by atoms with Gasteiger partial charge in [-0.25, -0.2) is 0 Å². The van der Waals surface area contributed by atoms with Crippen LogP contribution >= 0.6 is 23.2 Å². The number of halogens is 2. The number of hydrogen-bond acceptors (Lipinski definition) is 4. The summed E-state index contributed by atoms with van der Waals surface area (Å²) >= 11 is 11.9. The fourth-order valence-corrected chi connectivity index (χ4v) is 2.58. The minimum atomic E-state index is -0.304. The molecule has 0 spiro atoms. The molecule has 26 heavy (non-hydrogen) atoms. The molecule has 2 N–H and O–H groups in total. The van der Waals surface area contributed by atoms with Crippen LogP contribution in [0.5, 0.6) is 0 Å². The quantitative estimate of drug-likeness (QED) is 0.661. The summed E-state index contributed by atoms with van der Waals surface area (Å²) in [6, 6.07) is 18.2. The third-order valence-electron chi connectivity index (χ3n) is 3.68. The predicted octanol–water partition coefficient (Wildman–Crippen LogP) is 4.33. The van der Waals surface area contributed by atoms with Crippen LogP contribution in [0.2, 0.25) is 10.0 Å². The van der Waals surface area contributed by atoms with Crippen LogP contribution in [0.1, 0.15) is 21.6 Å². The largest absolute Gasteiger partial charge is 0.365 e. The van der Waals surface area contributed by atoms with Gasteiger partial charge in [0, 0.05) is 23.1 Å². The smallest absolute Gasteiger partial charge is 0.272 e. The van der Waals surface area contributed by atoms with E-state index in [0.717, 1.165) is 11.1 Å². The lowest BCUT2D eigenvalue weighted by atomic mass is 10.2. The number of nitrogens with zero attached hydrogens (tertiary/aromatic N) is 2. The topological polar surface area (TPSA) is 66.9 Å². The van der Waals surface area contributed by atoms with Crippen molar-refractivity contribution in [2.24, 2.45) is 0 Å². The first-order chi connectivity index (χ1) is 12.6. The summed E-state index contributed by atoms with van der Waals surface area (Å²) in [6.45, 7) is 0.917. The number of rotatable bonds is 6. The lowest BCUT2D eigenvalue weighted by Gasteiger charge is -2.08. The summed E-state index contributed by atoms with van der Waals surface area (Å²) in [4.78, 5) is 12.2. The van der Waals surface area contributed by atoms with Crippen LogP contribution < -0.4 is 10.6 Å². The van der Waals surface area contributed by atoms with E-state index in [1.165, 1.54) is 0 Å². The Morgan fingerprint density at radius 1 is 0.885 bits per heavy atom. The highest BCUT2D eigenvalue weighted by molar-refractivity contribution is 6.31. The predicted molar refractivity (Wildman–Crippen MR) is 103 cm³/mol. The molecule has 5 nitrogen and oxygen atoms in total. The Morgan fingerprint density at radius 2 is 1.65 bits per heavy atom. The highest BCUT2D eigenvalue weighted by atomic mass is 35.5. The van der Waals surface area contributed by atoms with Crippen molar-refractivity contribution in [2.75, 3.05) is 5.32 Å². The van der Waals surface area contributed by atoms with E-state index in [2.05, 4.69) is 20.8 Å². The number of aromatic nitrogens is 2. The third-order valence-corrected chi connectivity index (χ3v) is 4.30. The van der Waals surface area contributed by atoms with Crippen LogP contribution in [-0.2, 0) is 13.1 Å². The van der Waals surface area contributed by atoms with Crippen LogP contribution in [0.15, 0.2) is 60.7 Å². The van der Waals surface area contributed by atoms with E-state index in [-0.39, 0.29) is 11.6 Å². The zero-order valence-electron chi connectivity index (χ0n) is 13.7. The number of benzene rings is 2. The molecule has 0 saturated carbocycles. The Bertz CT molecular complexity index is 883. The summed E-state index contributed by atoms with van der Waals surface area (Å²) in [5, 5.41) is 15.2. The Hall–Kier alpha value is -2.63. The Labute approximate surface area is 161 Å². The van der Waals surface area contributed by atoms with Crippen molar-refractivity contribution in [2.45, 2.75) is 13.1 Å². The van der Waals surface area contributed by atoms with Crippen molar-refractivity contribution in [1.29, 1.82) is 0 Å². The summed E-state index contributed by atoms with van der Waals surface area (Å²) in [5.74, 6) is 0.282. The van der Waals surface area contributed by atoms with Crippen molar-refractivity contribution < 1.29 is 4.79 Å². The fraction of sp³-hybridized carbons (Fsp3) is 0.105. The molecule has 0 aliphatic rings. The molecule has 0 bridgehead atoms. The van der Waals surface area contributed by atoms with Crippen LogP contribution in [0.4, 0.5) is 5.82 Å². The molecular weight excluding hydrogens is 371 g/mol. The monoisotopic (exact) mass is 386 g/mol. The number of nitrogens with one attached hydrogen (secondary N) is 2. The number of carbonyl (C=O) groups is 1. The maximum atomic E-state index is 12.2. The van der Waals surface area contributed by atoms with Crippen LogP contribution in [0, 0.1) is 0 Å². The second kappa shape index (κ2) is 8.65. The van der Waals surface area contributed by atoms with E-state index in [1.54, 1.807) is 18.2 Å². The van der Waals surface area contributed by atoms with E-state index >= 15 is 0 Å². The molecule has 0 radical (unpaired) electrons. The summed E-state index contributed by atoms with van der Waals surface area (Å²) in [6.07, 6.45) is 0. The average molecular weight is 387 g/mol. The number of carbonyl (C=O) groups excluding carboxylic acids is 1. The second-order valence-corrected chi connectivity index (χ2v) is 6.40. The lowest BCUT2D eigenvalue weighted by molar-refractivity contribution is 0.0945. The molecule has 1 aromatic heterocycles. The van der Waals surface area contributed by atoms with Gasteiger partial charge in [-0.2, -0.15) is 0 Å². The van der Waals surface area contributed by atoms with E-state index in [1.807, 2.05) is 42.5 Å². The van der Waals surface area contributed by atoms with Gasteiger partial charge in [0.05, 0.1) is 0 Å². The van der Waals surface area contributed by atoms with Gasteiger partial charge < -0.3 is 10.6 Å². The fourth-order valence-electron chi connectivity index (χ4n) is 2.25. The molecule has 0 fully saturated rings. The summed E-state index contributed by atoms with van der Waals surface area (Å²) < 4.78 is 0. The molecule has 0 atom stereocenters. The lowest BCUT2D eigenvalue weighted by Crippen LogP contribution is -2.24. The molecule has 0 aliphatic carbocycles. The van der Waals surface area contributed by atoms with Crippen molar-refractivity contribution in [3.05, 3.63) is 87.5 Å². The highest BCUT2D eigenvalue weighted by Gasteiger charge is 2.09. The van der Waals surface area contributed by atoms with Crippen molar-refractivity contribution >= 4 is 34.9 Å². The van der Waals surface area contributed by atoms with Crippen LogP contribution in [0.3, 0.4) is 0 Å². The van der Waals surface area contributed by atoms with Gasteiger partial charge in [0.1, 0.15) is 5.82 Å². The van der Waals surface area contributed by atoms with E-state index < -0.39 is 0 Å². The van der Waals surface area contributed by atoms with Gasteiger partial charge in [-0.05, 0) is 41.5 Å². The van der Waals surface area contributed by atoms with Gasteiger partial charge in [-0.15, -0.1) is 10.2 Å². The zero-order chi connectivity index (χ0) is 18.4. The van der Waals surface area contributed by atoms with Crippen molar-refractivity contribution in [3.63, 3.8) is 0 Å². The summed E-state index contributed by atoms with van der Waals surface area (Å²) in [7, 11) is 0. The minimum Gasteiger partial charge on any atom is -0.365 e. The molecule has 0 aliphatic heterocycles. The molecular formula is C19H16Cl2N4O. The maximum absolute atomic E-state index is 12.2. The molecule has 1 heterocycles. The Morgan fingerprint density at radius 3 is 2.35 bits per heavy atom. The number of anilines is 1. The normalized spacial score (nSPS) is 10.4. The van der Waals surface area contributed by atoms with Crippen molar-refractivity contribution in [3.8, 4) is 0 Å². The Balaban J connectivity index is 1.54. The van der Waals surface area contributed by atoms with E-state index in [0.29, 0.717) is 29.0 Å². The van der Waals surface area contributed by atoms with E-state index in [4.69, 9.17) is 23.2 Å². The molecule has 3 rings (SSSR count). The molecule has 0 unspecified atom stereocenters. The second-order valence-electron chi connectivity index (χ2n) is 5.56. The first-order valence-corrected chi connectivity index (χ1v) is 8.71. The highest BCUT2D eigenvalue weighted by Crippen LogP contribution is 2.14. The molecule has 132 valence electrons. The Kier molecular flexibility index (Phi) is 6.04. The third kappa shape index (κ3) is 4.94. The van der Waals surface area contributed by atoms with E-state index in [9.17, 15) is 4.79 Å². The summed E-state index contributed by atoms with van der Waals surface area (Å²) in [5.41, 5.74) is 2.16. The van der Waals surface area contributed by atoms with Gasteiger partial charge in [-0.1, -0.05) is 53.5 Å². The number of amides is 1. The van der Waals surface area contributed by atoms with Gasteiger partial charge in [0.25, 0.3) is 5.91 Å². The molecule has 2 aromatic carbocycles. The van der Waals surface area contributed by atoms with Gasteiger partial charge >= 0.3 is 0 Å². The van der Waals surface area contributed by atoms with Crippen molar-refractivity contribution in [1.82, 2.24) is 15.5 Å². The van der Waals surface area contributed by atoms with Gasteiger partial charge in [0.2, 0.25) is 0 Å². The van der Waals surface area contributed by atoms with Crippen LogP contribution in [-0.4, -0.2) is 16.1 Å². The van der Waals surface area contributed by atoms with Gasteiger partial charge in [-0.3, -0.25) is 4.79 Å². The SMILES string of the molecule is O=C(NCc1ccccc1Cl)c1ccc(NCc2ccc(Cl)cc2)nn1. The molecule has 0 saturated heterocycles. The standard InChI is InChI=1S/C19H16Cl2N4O/c20-15-7-5-13(6-8-15)11-22-18-10-9-17(24-25-18)19(26)23-12-14-3-1-2-4-16(14)21/h1-10H,11-12H2,(H,22,25)(H,23,26). The van der Waals surface area contributed by atoms with Gasteiger partial charge in [0.15, 0.2) is 5.69 Å². The molecule has 7 heteroatoms. The minimum absolute atomic E-state index is 0.245. The molecule has 3 aromatic rings. The first-order valence-electron chi connectivity index (χ1n) is 7.95. The maximum Gasteiger partial charge on any atom is 0.272 e. The average Bonchev–Trinajstić information content (AvgIpc) is 2.67. The molecule has 1 amide bonds. The number of hydrogen-bond donors (Lipinski definition) is 2. The zero-order valence-corrected chi connectivity index (χ0v) is 15.3. The van der Waals surface area contributed by atoms with Crippen LogP contribution in [0.25, 0.3) is 0 Å².